The van der Waals surface area contributed by atoms with Gasteiger partial charge in [-0.2, -0.15) is 0 Å². The van der Waals surface area contributed by atoms with Gasteiger partial charge < -0.3 is 5.32 Å². The Morgan fingerprint density at radius 3 is 2.22 bits per heavy atom. The topological polar surface area (TPSA) is 66.5 Å². The van der Waals surface area contributed by atoms with Gasteiger partial charge in [0.15, 0.2) is 0 Å². The van der Waals surface area contributed by atoms with E-state index < -0.39 is 0 Å². The molecule has 18 heavy (non-hydrogen) atoms. The Balaban J connectivity index is 0.00000137. The zero-order valence-electron chi connectivity index (χ0n) is 11.2. The van der Waals surface area contributed by atoms with E-state index in [2.05, 4.69) is 11.9 Å². The molecular formula is C13H20N2O3. The van der Waals surface area contributed by atoms with Crippen LogP contribution in [-0.4, -0.2) is 35.7 Å². The lowest BCUT2D eigenvalue weighted by atomic mass is 10.3. The molecule has 0 bridgehead atoms. The predicted octanol–water partition coefficient (Wildman–Crippen LogP) is 1.02. The maximum Gasteiger partial charge on any atom is 0.253 e. The SMILES string of the molecule is C=C(C)CNC(=O)CCN1C(=O)C=CC1=O.CC. The van der Waals surface area contributed by atoms with Crippen LogP contribution in [0, 0.1) is 0 Å². The predicted molar refractivity (Wildman–Crippen MR) is 69.6 cm³/mol. The second-order valence-electron chi connectivity index (χ2n) is 3.65. The maximum atomic E-state index is 11.3. The molecule has 0 radical (unpaired) electrons. The van der Waals surface area contributed by atoms with Gasteiger partial charge in [0.2, 0.25) is 5.91 Å². The summed E-state index contributed by atoms with van der Waals surface area (Å²) in [6.07, 6.45) is 2.52. The smallest absolute Gasteiger partial charge is 0.253 e. The molecule has 3 amide bonds. The van der Waals surface area contributed by atoms with Gasteiger partial charge in [0.05, 0.1) is 0 Å². The minimum atomic E-state index is -0.363. The summed E-state index contributed by atoms with van der Waals surface area (Å²) in [6, 6.07) is 0. The fraction of sp³-hybridized carbons (Fsp3) is 0.462. The van der Waals surface area contributed by atoms with Gasteiger partial charge in [0, 0.05) is 31.7 Å². The quantitative estimate of drug-likeness (QED) is 0.587. The van der Waals surface area contributed by atoms with Crippen LogP contribution < -0.4 is 5.32 Å². The monoisotopic (exact) mass is 252 g/mol. The number of amides is 3. The van der Waals surface area contributed by atoms with Gasteiger partial charge in [0.25, 0.3) is 11.8 Å². The number of carbonyl (C=O) groups excluding carboxylic acids is 3. The summed E-state index contributed by atoms with van der Waals surface area (Å²) in [5, 5.41) is 2.63. The second kappa shape index (κ2) is 8.22. The standard InChI is InChI=1S/C11H14N2O3.C2H6/c1-8(2)7-12-9(14)5-6-13-10(15)3-4-11(13)16;1-2/h3-4H,1,5-7H2,2H3,(H,12,14);1-2H3. The third-order valence-corrected chi connectivity index (χ3v) is 2.05. The molecule has 0 spiro atoms. The van der Waals surface area contributed by atoms with E-state index in [1.54, 1.807) is 6.92 Å². The number of nitrogens with one attached hydrogen (secondary N) is 1. The first-order valence-electron chi connectivity index (χ1n) is 5.95. The Kier molecular flexibility index (Phi) is 7.35. The largest absolute Gasteiger partial charge is 0.352 e. The molecule has 0 fully saturated rings. The van der Waals surface area contributed by atoms with Crippen LogP contribution >= 0.6 is 0 Å². The van der Waals surface area contributed by atoms with Crippen molar-refractivity contribution >= 4 is 17.7 Å². The third-order valence-electron chi connectivity index (χ3n) is 2.05. The van der Waals surface area contributed by atoms with Crippen LogP contribution in [0.2, 0.25) is 0 Å². The van der Waals surface area contributed by atoms with E-state index in [9.17, 15) is 14.4 Å². The first kappa shape index (κ1) is 16.1. The number of rotatable bonds is 5. The number of hydrogen-bond acceptors (Lipinski definition) is 3. The highest BCUT2D eigenvalue weighted by atomic mass is 16.2. The molecule has 0 aromatic carbocycles. The molecule has 1 aliphatic rings. The van der Waals surface area contributed by atoms with Gasteiger partial charge in [-0.05, 0) is 6.92 Å². The van der Waals surface area contributed by atoms with Gasteiger partial charge in [-0.25, -0.2) is 0 Å². The van der Waals surface area contributed by atoms with Crippen LogP contribution in [0.4, 0.5) is 0 Å². The summed E-state index contributed by atoms with van der Waals surface area (Å²) in [6.45, 7) is 9.98. The molecule has 1 heterocycles. The van der Waals surface area contributed by atoms with Crippen LogP contribution in [0.1, 0.15) is 27.2 Å². The van der Waals surface area contributed by atoms with Crippen molar-refractivity contribution in [1.29, 1.82) is 0 Å². The van der Waals surface area contributed by atoms with E-state index in [-0.39, 0.29) is 30.7 Å². The van der Waals surface area contributed by atoms with Crippen molar-refractivity contribution < 1.29 is 14.4 Å². The van der Waals surface area contributed by atoms with Gasteiger partial charge in [-0.15, -0.1) is 0 Å². The molecule has 100 valence electrons. The lowest BCUT2D eigenvalue weighted by Crippen LogP contribution is -2.35. The van der Waals surface area contributed by atoms with Crippen LogP contribution in [0.5, 0.6) is 0 Å². The van der Waals surface area contributed by atoms with E-state index in [4.69, 9.17) is 0 Å². The van der Waals surface area contributed by atoms with Crippen molar-refractivity contribution in [1.82, 2.24) is 10.2 Å². The lowest BCUT2D eigenvalue weighted by molar-refractivity contribution is -0.137. The van der Waals surface area contributed by atoms with E-state index >= 15 is 0 Å². The molecule has 0 saturated heterocycles. The van der Waals surface area contributed by atoms with E-state index in [1.165, 1.54) is 12.2 Å². The van der Waals surface area contributed by atoms with Crippen molar-refractivity contribution in [3.05, 3.63) is 24.3 Å². The molecule has 5 heteroatoms. The van der Waals surface area contributed by atoms with E-state index in [0.717, 1.165) is 10.5 Å². The zero-order chi connectivity index (χ0) is 14.1. The highest BCUT2D eigenvalue weighted by Crippen LogP contribution is 2.03. The summed E-state index contributed by atoms with van der Waals surface area (Å²) in [7, 11) is 0. The minimum absolute atomic E-state index is 0.117. The molecule has 0 unspecified atom stereocenters. The number of carbonyl (C=O) groups is 3. The highest BCUT2D eigenvalue weighted by Gasteiger charge is 2.23. The zero-order valence-corrected chi connectivity index (χ0v) is 11.2. The van der Waals surface area contributed by atoms with Crippen molar-refractivity contribution in [3.8, 4) is 0 Å². The molecule has 1 N–H and O–H groups in total. The van der Waals surface area contributed by atoms with Crippen LogP contribution in [0.3, 0.4) is 0 Å². The van der Waals surface area contributed by atoms with Crippen LogP contribution in [0.25, 0.3) is 0 Å². The first-order valence-corrected chi connectivity index (χ1v) is 5.95. The van der Waals surface area contributed by atoms with Gasteiger partial charge in [-0.1, -0.05) is 26.0 Å². The second-order valence-corrected chi connectivity index (χ2v) is 3.65. The third kappa shape index (κ3) is 5.43. The van der Waals surface area contributed by atoms with E-state index in [0.29, 0.717) is 6.54 Å². The molecule has 0 aliphatic carbocycles. The Morgan fingerprint density at radius 1 is 1.28 bits per heavy atom. The van der Waals surface area contributed by atoms with Crippen LogP contribution in [-0.2, 0) is 14.4 Å². The number of imide groups is 1. The van der Waals surface area contributed by atoms with Gasteiger partial charge in [0.1, 0.15) is 0 Å². The molecule has 1 rings (SSSR count). The summed E-state index contributed by atoms with van der Waals surface area (Å²) < 4.78 is 0. The van der Waals surface area contributed by atoms with Crippen molar-refractivity contribution in [3.63, 3.8) is 0 Å². The van der Waals surface area contributed by atoms with E-state index in [1.807, 2.05) is 13.8 Å². The average Bonchev–Trinajstić information content (AvgIpc) is 2.66. The van der Waals surface area contributed by atoms with Crippen LogP contribution in [0.15, 0.2) is 24.3 Å². The van der Waals surface area contributed by atoms with Crippen molar-refractivity contribution in [2.24, 2.45) is 0 Å². The summed E-state index contributed by atoms with van der Waals surface area (Å²) >= 11 is 0. The minimum Gasteiger partial charge on any atom is -0.352 e. The fourth-order valence-electron chi connectivity index (χ4n) is 1.20. The Labute approximate surface area is 108 Å². The normalized spacial score (nSPS) is 13.2. The summed E-state index contributed by atoms with van der Waals surface area (Å²) in [5.41, 5.74) is 0.850. The molecule has 0 saturated carbocycles. The number of nitrogens with zero attached hydrogens (tertiary/aromatic N) is 1. The fourth-order valence-corrected chi connectivity index (χ4v) is 1.20. The van der Waals surface area contributed by atoms with Gasteiger partial charge in [-0.3, -0.25) is 19.3 Å². The maximum absolute atomic E-state index is 11.3. The number of hydrogen-bond donors (Lipinski definition) is 1. The lowest BCUT2D eigenvalue weighted by Gasteiger charge is -2.13. The molecule has 0 atom stereocenters. The molecule has 5 nitrogen and oxygen atoms in total. The molecule has 0 aromatic heterocycles. The van der Waals surface area contributed by atoms with Crippen molar-refractivity contribution in [2.45, 2.75) is 27.2 Å². The van der Waals surface area contributed by atoms with Gasteiger partial charge >= 0.3 is 0 Å². The first-order chi connectivity index (χ1) is 8.50. The molecular weight excluding hydrogens is 232 g/mol. The summed E-state index contributed by atoms with van der Waals surface area (Å²) in [5.74, 6) is -0.925. The van der Waals surface area contributed by atoms with Crippen molar-refractivity contribution in [2.75, 3.05) is 13.1 Å². The highest BCUT2D eigenvalue weighted by molar-refractivity contribution is 6.13. The Bertz CT molecular complexity index is 354. The average molecular weight is 252 g/mol. The molecule has 0 aromatic rings. The Hall–Kier alpha value is -1.91. The molecule has 1 aliphatic heterocycles. The Morgan fingerprint density at radius 2 is 1.78 bits per heavy atom. The summed E-state index contributed by atoms with van der Waals surface area (Å²) in [4.78, 5) is 34.6.